The second-order valence-corrected chi connectivity index (χ2v) is 8.11. The molecule has 0 aliphatic heterocycles. The van der Waals surface area contributed by atoms with Gasteiger partial charge >= 0.3 is 5.82 Å². The van der Waals surface area contributed by atoms with Gasteiger partial charge in [0.1, 0.15) is 23.7 Å². The maximum Gasteiger partial charge on any atom is 0.330 e. The molecular weight excluding hydrogens is 420 g/mol. The van der Waals surface area contributed by atoms with Crippen molar-refractivity contribution in [2.75, 3.05) is 0 Å². The number of hydrogen-bond donors (Lipinski definition) is 1. The highest BCUT2D eigenvalue weighted by Gasteiger charge is 2.18. The van der Waals surface area contributed by atoms with Gasteiger partial charge in [-0.15, -0.1) is 0 Å². The normalized spacial score (nSPS) is 13.0. The van der Waals surface area contributed by atoms with Gasteiger partial charge in [0.05, 0.1) is 31.1 Å². The van der Waals surface area contributed by atoms with E-state index in [0.717, 1.165) is 22.6 Å². The van der Waals surface area contributed by atoms with E-state index >= 15 is 0 Å². The van der Waals surface area contributed by atoms with Gasteiger partial charge in [-0.25, -0.2) is 9.25 Å². The number of rotatable bonds is 7. The van der Waals surface area contributed by atoms with Crippen LogP contribution in [0.3, 0.4) is 0 Å². The van der Waals surface area contributed by atoms with Crippen molar-refractivity contribution in [3.8, 4) is 22.8 Å². The standard InChI is InChI=1S/C24H27N6O3/c1-16(31)17(2)33-21-13-25-24(28(3)15-21)19-7-5-6-18(10-19)11-22-23(32)8-9-30(27-22)20-12-26-29(4)14-20/h5-10,12-17,31H,11H2,1-4H3/q+1/t16-,17-/m0/s1. The lowest BCUT2D eigenvalue weighted by molar-refractivity contribution is -0.663. The van der Waals surface area contributed by atoms with Crippen molar-refractivity contribution >= 4 is 0 Å². The van der Waals surface area contributed by atoms with Gasteiger partial charge in [-0.05, 0) is 36.5 Å². The summed E-state index contributed by atoms with van der Waals surface area (Å²) in [6.07, 6.45) is 8.13. The van der Waals surface area contributed by atoms with Crippen LogP contribution in [0.1, 0.15) is 25.1 Å². The highest BCUT2D eigenvalue weighted by molar-refractivity contribution is 5.53. The third-order valence-corrected chi connectivity index (χ3v) is 5.36. The van der Waals surface area contributed by atoms with Gasteiger partial charge in [0.15, 0.2) is 6.20 Å². The first-order valence-electron chi connectivity index (χ1n) is 10.7. The zero-order valence-corrected chi connectivity index (χ0v) is 19.1. The predicted molar refractivity (Wildman–Crippen MR) is 122 cm³/mol. The molecule has 0 aliphatic rings. The molecule has 170 valence electrons. The Morgan fingerprint density at radius 1 is 1.21 bits per heavy atom. The first-order chi connectivity index (χ1) is 15.8. The summed E-state index contributed by atoms with van der Waals surface area (Å²) in [7, 11) is 3.72. The van der Waals surface area contributed by atoms with Gasteiger partial charge in [-0.3, -0.25) is 9.48 Å². The third kappa shape index (κ3) is 5.15. The van der Waals surface area contributed by atoms with Crippen LogP contribution in [0, 0.1) is 0 Å². The Morgan fingerprint density at radius 3 is 2.73 bits per heavy atom. The highest BCUT2D eigenvalue weighted by atomic mass is 16.5. The molecule has 9 heteroatoms. The summed E-state index contributed by atoms with van der Waals surface area (Å²) >= 11 is 0. The molecule has 2 atom stereocenters. The van der Waals surface area contributed by atoms with Crippen LogP contribution in [0.2, 0.25) is 0 Å². The third-order valence-electron chi connectivity index (χ3n) is 5.36. The van der Waals surface area contributed by atoms with Crippen molar-refractivity contribution < 1.29 is 14.4 Å². The maximum absolute atomic E-state index is 12.4. The Kier molecular flexibility index (Phi) is 6.32. The van der Waals surface area contributed by atoms with Gasteiger partial charge in [-0.1, -0.05) is 12.1 Å². The molecule has 1 N–H and O–H groups in total. The maximum atomic E-state index is 12.4. The molecule has 0 saturated heterocycles. The average molecular weight is 448 g/mol. The van der Waals surface area contributed by atoms with E-state index in [9.17, 15) is 9.90 Å². The molecule has 4 aromatic rings. The first kappa shape index (κ1) is 22.3. The molecular formula is C24H27N6O3+. The molecule has 0 unspecified atom stereocenters. The molecule has 0 spiro atoms. The van der Waals surface area contributed by atoms with Crippen molar-refractivity contribution in [2.45, 2.75) is 32.5 Å². The van der Waals surface area contributed by atoms with Crippen molar-refractivity contribution in [1.29, 1.82) is 0 Å². The smallest absolute Gasteiger partial charge is 0.330 e. The molecule has 0 aliphatic carbocycles. The van der Waals surface area contributed by atoms with Crippen LogP contribution < -0.4 is 14.7 Å². The fourth-order valence-electron chi connectivity index (χ4n) is 3.41. The molecule has 9 nitrogen and oxygen atoms in total. The molecule has 1 aromatic carbocycles. The van der Waals surface area contributed by atoms with Gasteiger partial charge in [0, 0.05) is 25.7 Å². The van der Waals surface area contributed by atoms with Crippen molar-refractivity contribution in [3.63, 3.8) is 0 Å². The minimum Gasteiger partial charge on any atom is -0.481 e. The fraction of sp³-hybridized carbons (Fsp3) is 0.292. The Labute approximate surface area is 191 Å². The fourth-order valence-corrected chi connectivity index (χ4v) is 3.41. The summed E-state index contributed by atoms with van der Waals surface area (Å²) in [6.45, 7) is 3.49. The Bertz CT molecular complexity index is 1330. The number of aromatic nitrogens is 6. The Balaban J connectivity index is 1.58. The highest BCUT2D eigenvalue weighted by Crippen LogP contribution is 2.19. The molecule has 0 radical (unpaired) electrons. The quantitative estimate of drug-likeness (QED) is 0.432. The topological polar surface area (TPSA) is 98.9 Å². The van der Waals surface area contributed by atoms with Gasteiger partial charge in [0.25, 0.3) is 0 Å². The van der Waals surface area contributed by atoms with Crippen LogP contribution in [0.15, 0.2) is 66.1 Å². The summed E-state index contributed by atoms with van der Waals surface area (Å²) in [4.78, 5) is 17.0. The molecule has 3 aromatic heterocycles. The number of aliphatic hydroxyl groups excluding tert-OH is 1. The summed E-state index contributed by atoms with van der Waals surface area (Å²) in [5.74, 6) is 1.33. The minimum atomic E-state index is -0.582. The number of nitrogens with zero attached hydrogens (tertiary/aromatic N) is 6. The van der Waals surface area contributed by atoms with E-state index in [1.54, 1.807) is 34.9 Å². The number of benzene rings is 1. The predicted octanol–water partition coefficient (Wildman–Crippen LogP) is 1.59. The van der Waals surface area contributed by atoms with Gasteiger partial charge in [-0.2, -0.15) is 10.2 Å². The zero-order valence-electron chi connectivity index (χ0n) is 19.1. The number of ether oxygens (including phenoxy) is 1. The van der Waals surface area contributed by atoms with E-state index in [4.69, 9.17) is 4.74 Å². The lowest BCUT2D eigenvalue weighted by atomic mass is 10.1. The zero-order chi connectivity index (χ0) is 23.5. The van der Waals surface area contributed by atoms with Crippen LogP contribution in [-0.4, -0.2) is 41.9 Å². The number of aryl methyl sites for hydroxylation is 2. The van der Waals surface area contributed by atoms with E-state index in [-0.39, 0.29) is 11.5 Å². The van der Waals surface area contributed by atoms with E-state index in [1.807, 2.05) is 62.2 Å². The van der Waals surface area contributed by atoms with Crippen LogP contribution in [0.25, 0.3) is 17.1 Å². The van der Waals surface area contributed by atoms with E-state index in [1.165, 1.54) is 6.07 Å². The first-order valence-corrected chi connectivity index (χ1v) is 10.7. The van der Waals surface area contributed by atoms with Gasteiger partial charge in [0.2, 0.25) is 11.2 Å². The molecule has 0 fully saturated rings. The molecule has 0 saturated carbocycles. The summed E-state index contributed by atoms with van der Waals surface area (Å²) in [6, 6.07) is 9.40. The summed E-state index contributed by atoms with van der Waals surface area (Å²) < 4.78 is 10.9. The van der Waals surface area contributed by atoms with E-state index in [0.29, 0.717) is 17.9 Å². The molecule has 4 rings (SSSR count). The average Bonchev–Trinajstić information content (AvgIpc) is 3.22. The summed E-state index contributed by atoms with van der Waals surface area (Å²) in [5, 5.41) is 18.3. The monoisotopic (exact) mass is 447 g/mol. The minimum absolute atomic E-state index is 0.113. The second kappa shape index (κ2) is 9.33. The Morgan fingerprint density at radius 2 is 2.03 bits per heavy atom. The van der Waals surface area contributed by atoms with Crippen LogP contribution in [-0.2, 0) is 20.5 Å². The summed E-state index contributed by atoms with van der Waals surface area (Å²) in [5.41, 5.74) is 2.99. The molecule has 3 heterocycles. The van der Waals surface area contributed by atoms with Crippen molar-refractivity contribution in [1.82, 2.24) is 24.5 Å². The van der Waals surface area contributed by atoms with Gasteiger partial charge < -0.3 is 9.84 Å². The van der Waals surface area contributed by atoms with Crippen LogP contribution in [0.5, 0.6) is 5.75 Å². The molecule has 33 heavy (non-hydrogen) atoms. The van der Waals surface area contributed by atoms with Crippen LogP contribution >= 0.6 is 0 Å². The number of aliphatic hydroxyl groups is 1. The molecule has 0 amide bonds. The van der Waals surface area contributed by atoms with Crippen molar-refractivity contribution in [3.05, 3.63) is 82.8 Å². The number of hydrogen-bond acceptors (Lipinski definition) is 6. The van der Waals surface area contributed by atoms with E-state index < -0.39 is 6.10 Å². The lowest BCUT2D eigenvalue weighted by Crippen LogP contribution is -2.33. The second-order valence-electron chi connectivity index (χ2n) is 8.11. The van der Waals surface area contributed by atoms with Crippen molar-refractivity contribution in [2.24, 2.45) is 14.1 Å². The largest absolute Gasteiger partial charge is 0.481 e. The molecule has 0 bridgehead atoms. The Hall–Kier alpha value is -3.85. The lowest BCUT2D eigenvalue weighted by Gasteiger charge is -2.15. The van der Waals surface area contributed by atoms with Crippen LogP contribution in [0.4, 0.5) is 0 Å². The SMILES string of the molecule is C[C@H](O)[C@H](C)Oc1cnc(-c2cccc(Cc3nn(-c4cnn(C)c4)ccc3=O)c2)[n+](C)c1. The van der Waals surface area contributed by atoms with E-state index in [2.05, 4.69) is 15.2 Å².